The molecule has 0 bridgehead atoms. The Morgan fingerprint density at radius 3 is 2.47 bits per heavy atom. The van der Waals surface area contributed by atoms with Crippen molar-refractivity contribution in [3.05, 3.63) is 76.8 Å². The number of anilines is 1. The van der Waals surface area contributed by atoms with Gasteiger partial charge >= 0.3 is 0 Å². The summed E-state index contributed by atoms with van der Waals surface area (Å²) in [5, 5.41) is 14.1. The Kier molecular flexibility index (Phi) is 5.95. The standard InChI is InChI=1S/C22H21N7O2S/c1-14-2-4-15(5-3-14)21-25-26-22(32)28(21)12-11-19(30)24-16-6-8-17(9-7-16)29-13-10-18(27-29)20(23)31/h2-10,13H,11-12H2,1H3,(H2,23,31)(H,24,30)(H,26,32). The minimum atomic E-state index is -0.587. The third-order valence-electron chi connectivity index (χ3n) is 4.89. The Morgan fingerprint density at radius 2 is 1.81 bits per heavy atom. The zero-order valence-electron chi connectivity index (χ0n) is 17.3. The predicted octanol–water partition coefficient (Wildman–Crippen LogP) is 3.23. The lowest BCUT2D eigenvalue weighted by Gasteiger charge is -2.09. The number of benzene rings is 2. The van der Waals surface area contributed by atoms with Crippen LogP contribution < -0.4 is 11.1 Å². The van der Waals surface area contributed by atoms with E-state index in [1.54, 1.807) is 41.2 Å². The van der Waals surface area contributed by atoms with Crippen LogP contribution in [0.3, 0.4) is 0 Å². The molecular formula is C22H21N7O2S. The van der Waals surface area contributed by atoms with Crippen molar-refractivity contribution >= 4 is 29.7 Å². The average molecular weight is 448 g/mol. The quantitative estimate of drug-likeness (QED) is 0.375. The van der Waals surface area contributed by atoms with E-state index >= 15 is 0 Å². The van der Waals surface area contributed by atoms with Crippen LogP contribution in [-0.4, -0.2) is 36.4 Å². The van der Waals surface area contributed by atoms with E-state index in [-0.39, 0.29) is 18.0 Å². The number of aromatic amines is 1. The SMILES string of the molecule is Cc1ccc(-c2n[nH]c(=S)n2CCC(=O)Nc2ccc(-n3ccc(C(N)=O)n3)cc2)cc1. The Balaban J connectivity index is 1.39. The third kappa shape index (κ3) is 4.65. The van der Waals surface area contributed by atoms with Gasteiger partial charge in [-0.15, -0.1) is 0 Å². The van der Waals surface area contributed by atoms with Gasteiger partial charge in [0.1, 0.15) is 5.69 Å². The fourth-order valence-corrected chi connectivity index (χ4v) is 3.41. The smallest absolute Gasteiger partial charge is 0.269 e. The summed E-state index contributed by atoms with van der Waals surface area (Å²) in [6.07, 6.45) is 1.88. The lowest BCUT2D eigenvalue weighted by atomic mass is 10.1. The Bertz CT molecular complexity index is 1320. The number of nitrogens with two attached hydrogens (primary N) is 1. The van der Waals surface area contributed by atoms with E-state index in [2.05, 4.69) is 20.6 Å². The van der Waals surface area contributed by atoms with Crippen LogP contribution in [0.15, 0.2) is 60.8 Å². The summed E-state index contributed by atoms with van der Waals surface area (Å²) in [6.45, 7) is 2.41. The molecule has 0 radical (unpaired) electrons. The molecule has 0 fully saturated rings. The number of hydrogen-bond acceptors (Lipinski definition) is 5. The van der Waals surface area contributed by atoms with Gasteiger partial charge in [-0.1, -0.05) is 29.8 Å². The molecule has 0 unspecified atom stereocenters. The lowest BCUT2D eigenvalue weighted by molar-refractivity contribution is -0.116. The first-order valence-electron chi connectivity index (χ1n) is 9.89. The van der Waals surface area contributed by atoms with Crippen molar-refractivity contribution in [2.24, 2.45) is 5.73 Å². The average Bonchev–Trinajstić information content (AvgIpc) is 3.41. The molecule has 162 valence electrons. The fraction of sp³-hybridized carbons (Fsp3) is 0.136. The van der Waals surface area contributed by atoms with E-state index < -0.39 is 5.91 Å². The second kappa shape index (κ2) is 8.98. The minimum Gasteiger partial charge on any atom is -0.364 e. The van der Waals surface area contributed by atoms with Crippen LogP contribution in [0.4, 0.5) is 5.69 Å². The van der Waals surface area contributed by atoms with Gasteiger partial charge in [-0.2, -0.15) is 10.2 Å². The Morgan fingerprint density at radius 1 is 1.09 bits per heavy atom. The van der Waals surface area contributed by atoms with Crippen molar-refractivity contribution < 1.29 is 9.59 Å². The first-order valence-corrected chi connectivity index (χ1v) is 10.3. The highest BCUT2D eigenvalue weighted by Crippen LogP contribution is 2.19. The summed E-state index contributed by atoms with van der Waals surface area (Å²) in [6, 6.07) is 16.6. The van der Waals surface area contributed by atoms with Crippen molar-refractivity contribution in [1.82, 2.24) is 24.5 Å². The Labute approximate surface area is 188 Å². The molecule has 32 heavy (non-hydrogen) atoms. The van der Waals surface area contributed by atoms with Gasteiger partial charge in [0, 0.05) is 30.4 Å². The number of H-pyrrole nitrogens is 1. The van der Waals surface area contributed by atoms with Crippen LogP contribution in [0.5, 0.6) is 0 Å². The molecule has 0 spiro atoms. The largest absolute Gasteiger partial charge is 0.364 e. The second-order valence-electron chi connectivity index (χ2n) is 7.22. The Hall–Kier alpha value is -4.05. The van der Waals surface area contributed by atoms with Gasteiger partial charge in [-0.25, -0.2) is 4.68 Å². The van der Waals surface area contributed by atoms with E-state index in [0.29, 0.717) is 22.8 Å². The molecule has 0 saturated heterocycles. The number of aryl methyl sites for hydroxylation is 1. The highest BCUT2D eigenvalue weighted by atomic mass is 32.1. The molecular weight excluding hydrogens is 426 g/mol. The van der Waals surface area contributed by atoms with Crippen molar-refractivity contribution in [3.63, 3.8) is 0 Å². The zero-order chi connectivity index (χ0) is 22.7. The van der Waals surface area contributed by atoms with E-state index in [9.17, 15) is 9.59 Å². The number of carbonyl (C=O) groups is 2. The number of hydrogen-bond donors (Lipinski definition) is 3. The van der Waals surface area contributed by atoms with Gasteiger partial charge in [-0.05, 0) is 49.5 Å². The molecule has 0 aliphatic rings. The molecule has 2 heterocycles. The number of carbonyl (C=O) groups excluding carboxylic acids is 2. The maximum Gasteiger partial charge on any atom is 0.269 e. The molecule has 2 amide bonds. The number of aromatic nitrogens is 5. The summed E-state index contributed by atoms with van der Waals surface area (Å²) in [4.78, 5) is 23.7. The highest BCUT2D eigenvalue weighted by molar-refractivity contribution is 7.71. The van der Waals surface area contributed by atoms with Gasteiger partial charge in [0.15, 0.2) is 10.6 Å². The van der Waals surface area contributed by atoms with E-state index in [0.717, 1.165) is 16.8 Å². The van der Waals surface area contributed by atoms with Gasteiger partial charge in [-0.3, -0.25) is 19.3 Å². The molecule has 9 nitrogen and oxygen atoms in total. The summed E-state index contributed by atoms with van der Waals surface area (Å²) in [5.74, 6) is -0.0385. The van der Waals surface area contributed by atoms with Crippen molar-refractivity contribution in [2.75, 3.05) is 5.32 Å². The molecule has 0 saturated carbocycles. The van der Waals surface area contributed by atoms with Gasteiger partial charge in [0.05, 0.1) is 5.69 Å². The van der Waals surface area contributed by atoms with Crippen LogP contribution in [0.1, 0.15) is 22.5 Å². The number of primary amides is 1. The maximum absolute atomic E-state index is 12.5. The molecule has 2 aromatic carbocycles. The molecule has 2 aromatic heterocycles. The van der Waals surface area contributed by atoms with Crippen LogP contribution in [0, 0.1) is 11.7 Å². The first kappa shape index (κ1) is 21.2. The normalized spacial score (nSPS) is 10.8. The lowest BCUT2D eigenvalue weighted by Crippen LogP contribution is -2.15. The van der Waals surface area contributed by atoms with Gasteiger partial charge in [0.2, 0.25) is 5.91 Å². The predicted molar refractivity (Wildman–Crippen MR) is 123 cm³/mol. The number of nitrogens with one attached hydrogen (secondary N) is 2. The topological polar surface area (TPSA) is 124 Å². The van der Waals surface area contributed by atoms with E-state index in [1.807, 2.05) is 35.8 Å². The van der Waals surface area contributed by atoms with Crippen molar-refractivity contribution in [2.45, 2.75) is 19.9 Å². The number of nitrogens with zero attached hydrogens (tertiary/aromatic N) is 4. The van der Waals surface area contributed by atoms with Crippen LogP contribution >= 0.6 is 12.2 Å². The summed E-state index contributed by atoms with van der Waals surface area (Å²) < 4.78 is 3.82. The molecule has 0 aliphatic heterocycles. The third-order valence-corrected chi connectivity index (χ3v) is 5.20. The second-order valence-corrected chi connectivity index (χ2v) is 7.61. The van der Waals surface area contributed by atoms with Crippen LogP contribution in [0.25, 0.3) is 17.1 Å². The molecule has 0 aliphatic carbocycles. The zero-order valence-corrected chi connectivity index (χ0v) is 18.1. The fourth-order valence-electron chi connectivity index (χ4n) is 3.18. The van der Waals surface area contributed by atoms with E-state index in [1.165, 1.54) is 0 Å². The van der Waals surface area contributed by atoms with Crippen molar-refractivity contribution in [1.29, 1.82) is 0 Å². The monoisotopic (exact) mass is 447 g/mol. The molecule has 10 heteroatoms. The van der Waals surface area contributed by atoms with Crippen LogP contribution in [0.2, 0.25) is 0 Å². The summed E-state index contributed by atoms with van der Waals surface area (Å²) in [7, 11) is 0. The first-order chi connectivity index (χ1) is 15.4. The maximum atomic E-state index is 12.5. The molecule has 4 N–H and O–H groups in total. The summed E-state index contributed by atoms with van der Waals surface area (Å²) >= 11 is 5.33. The van der Waals surface area contributed by atoms with Crippen LogP contribution in [-0.2, 0) is 11.3 Å². The van der Waals surface area contributed by atoms with E-state index in [4.69, 9.17) is 18.0 Å². The van der Waals surface area contributed by atoms with Crippen molar-refractivity contribution in [3.8, 4) is 17.1 Å². The highest BCUT2D eigenvalue weighted by Gasteiger charge is 2.11. The van der Waals surface area contributed by atoms with Gasteiger partial charge in [0.25, 0.3) is 5.91 Å². The minimum absolute atomic E-state index is 0.147. The van der Waals surface area contributed by atoms with Gasteiger partial charge < -0.3 is 11.1 Å². The summed E-state index contributed by atoms with van der Waals surface area (Å²) in [5.41, 5.74) is 8.88. The molecule has 4 rings (SSSR count). The molecule has 4 aromatic rings. The molecule has 0 atom stereocenters. The number of amides is 2. The number of rotatable bonds is 7.